The highest BCUT2D eigenvalue weighted by molar-refractivity contribution is 6.33. The van der Waals surface area contributed by atoms with E-state index >= 15 is 0 Å². The lowest BCUT2D eigenvalue weighted by Gasteiger charge is -2.29. The maximum absolute atomic E-state index is 14.8. The lowest BCUT2D eigenvalue weighted by Crippen LogP contribution is -2.36. The van der Waals surface area contributed by atoms with Crippen LogP contribution in [0.2, 0.25) is 5.02 Å². The Hall–Kier alpha value is -3.09. The molecule has 3 heterocycles. The van der Waals surface area contributed by atoms with Gasteiger partial charge in [-0.05, 0) is 55.5 Å². The van der Waals surface area contributed by atoms with Gasteiger partial charge in [0.1, 0.15) is 23.0 Å². The van der Waals surface area contributed by atoms with Crippen LogP contribution in [0.4, 0.5) is 21.6 Å². The van der Waals surface area contributed by atoms with Crippen LogP contribution in [0.3, 0.4) is 0 Å². The van der Waals surface area contributed by atoms with Crippen LogP contribution in [0.5, 0.6) is 0 Å². The number of imidazole rings is 1. The summed E-state index contributed by atoms with van der Waals surface area (Å²) in [6.07, 6.45) is 0. The molecule has 1 fully saturated rings. The topological polar surface area (TPSA) is 41.8 Å². The quantitative estimate of drug-likeness (QED) is 0.446. The molecule has 0 aliphatic carbocycles. The van der Waals surface area contributed by atoms with Crippen LogP contribution >= 0.6 is 11.6 Å². The highest BCUT2D eigenvalue weighted by Crippen LogP contribution is 2.37. The lowest BCUT2D eigenvalue weighted by molar-refractivity contribution is 0.122. The molecule has 0 unspecified atom stereocenters. The SMILES string of the molecule is Cc1cccc2nc(-c3c(F)cccc3Cl)c(Nc3ccc(N4CCOCC4)cc3)n12. The van der Waals surface area contributed by atoms with Crippen molar-refractivity contribution in [3.05, 3.63) is 77.2 Å². The summed E-state index contributed by atoms with van der Waals surface area (Å²) in [5, 5.41) is 3.78. The van der Waals surface area contributed by atoms with Gasteiger partial charge in [0.2, 0.25) is 0 Å². The van der Waals surface area contributed by atoms with Crippen LogP contribution in [-0.4, -0.2) is 35.7 Å². The van der Waals surface area contributed by atoms with Gasteiger partial charge in [-0.3, -0.25) is 4.40 Å². The van der Waals surface area contributed by atoms with Crippen molar-refractivity contribution in [1.82, 2.24) is 9.38 Å². The minimum absolute atomic E-state index is 0.291. The van der Waals surface area contributed by atoms with E-state index in [4.69, 9.17) is 21.3 Å². The summed E-state index contributed by atoms with van der Waals surface area (Å²) in [4.78, 5) is 7.01. The molecule has 31 heavy (non-hydrogen) atoms. The van der Waals surface area contributed by atoms with E-state index in [1.807, 2.05) is 41.7 Å². The summed E-state index contributed by atoms with van der Waals surface area (Å²) in [6.45, 7) is 5.25. The first-order chi connectivity index (χ1) is 15.1. The number of hydrogen-bond donors (Lipinski definition) is 1. The highest BCUT2D eigenvalue weighted by atomic mass is 35.5. The smallest absolute Gasteiger partial charge is 0.143 e. The van der Waals surface area contributed by atoms with Crippen molar-refractivity contribution in [3.8, 4) is 11.3 Å². The molecule has 5 rings (SSSR count). The standard InChI is InChI=1S/C24H22ClFN4O/c1-16-4-2-7-21-28-23(22-19(25)5-3-6-20(22)26)24(30(16)21)27-17-8-10-18(11-9-17)29-12-14-31-15-13-29/h2-11,27H,12-15H2,1H3. The Kier molecular flexibility index (Phi) is 5.26. The maximum atomic E-state index is 14.8. The highest BCUT2D eigenvalue weighted by Gasteiger charge is 2.21. The minimum atomic E-state index is -0.403. The molecular formula is C24H22ClFN4O. The third kappa shape index (κ3) is 3.73. The van der Waals surface area contributed by atoms with Crippen LogP contribution in [0.1, 0.15) is 5.69 Å². The zero-order chi connectivity index (χ0) is 21.4. The zero-order valence-electron chi connectivity index (χ0n) is 17.1. The predicted molar refractivity (Wildman–Crippen MR) is 123 cm³/mol. The first kappa shape index (κ1) is 19.8. The van der Waals surface area contributed by atoms with E-state index in [9.17, 15) is 4.39 Å². The summed E-state index contributed by atoms with van der Waals surface area (Å²) < 4.78 is 22.2. The van der Waals surface area contributed by atoms with Crippen LogP contribution in [0.25, 0.3) is 16.9 Å². The first-order valence-corrected chi connectivity index (χ1v) is 10.6. The van der Waals surface area contributed by atoms with E-state index in [1.165, 1.54) is 6.07 Å². The molecule has 1 N–H and O–H groups in total. The van der Waals surface area contributed by atoms with Gasteiger partial charge in [-0.2, -0.15) is 0 Å². The number of benzene rings is 2. The fourth-order valence-corrected chi connectivity index (χ4v) is 4.23. The predicted octanol–water partition coefficient (Wildman–Crippen LogP) is 5.68. The van der Waals surface area contributed by atoms with Gasteiger partial charge < -0.3 is 15.0 Å². The van der Waals surface area contributed by atoms with Crippen LogP contribution < -0.4 is 10.2 Å². The summed E-state index contributed by atoms with van der Waals surface area (Å²) in [7, 11) is 0. The minimum Gasteiger partial charge on any atom is -0.378 e. The van der Waals surface area contributed by atoms with Gasteiger partial charge in [0.05, 0.1) is 23.8 Å². The molecule has 1 saturated heterocycles. The Bertz CT molecular complexity index is 1210. The van der Waals surface area contributed by atoms with Gasteiger partial charge >= 0.3 is 0 Å². The monoisotopic (exact) mass is 436 g/mol. The Balaban J connectivity index is 1.57. The Morgan fingerprint density at radius 2 is 1.74 bits per heavy atom. The van der Waals surface area contributed by atoms with Crippen molar-refractivity contribution in [2.75, 3.05) is 36.5 Å². The number of morpholine rings is 1. The van der Waals surface area contributed by atoms with Gasteiger partial charge in [0.15, 0.2) is 0 Å². The van der Waals surface area contributed by atoms with Crippen molar-refractivity contribution < 1.29 is 9.13 Å². The van der Waals surface area contributed by atoms with Crippen molar-refractivity contribution in [2.24, 2.45) is 0 Å². The van der Waals surface area contributed by atoms with Crippen molar-refractivity contribution in [2.45, 2.75) is 6.92 Å². The van der Waals surface area contributed by atoms with E-state index in [0.29, 0.717) is 22.1 Å². The van der Waals surface area contributed by atoms with Crippen molar-refractivity contribution in [3.63, 3.8) is 0 Å². The molecule has 0 saturated carbocycles. The molecule has 5 nitrogen and oxygen atoms in total. The third-order valence-corrected chi connectivity index (χ3v) is 5.86. The summed E-state index contributed by atoms with van der Waals surface area (Å²) in [5.74, 6) is 0.276. The second-order valence-corrected chi connectivity index (χ2v) is 7.94. The number of fused-ring (bicyclic) bond motifs is 1. The van der Waals surface area contributed by atoms with Gasteiger partial charge in [0, 0.05) is 30.2 Å². The van der Waals surface area contributed by atoms with Crippen molar-refractivity contribution >= 4 is 34.4 Å². The van der Waals surface area contributed by atoms with E-state index < -0.39 is 5.82 Å². The van der Waals surface area contributed by atoms with E-state index in [2.05, 4.69) is 22.3 Å². The second kappa shape index (κ2) is 8.21. The van der Waals surface area contributed by atoms with E-state index in [-0.39, 0.29) is 0 Å². The number of pyridine rings is 1. The van der Waals surface area contributed by atoms with Crippen LogP contribution in [-0.2, 0) is 4.74 Å². The average Bonchev–Trinajstić information content (AvgIpc) is 3.14. The zero-order valence-corrected chi connectivity index (χ0v) is 17.9. The van der Waals surface area contributed by atoms with E-state index in [0.717, 1.165) is 49.0 Å². The number of halogens is 2. The molecule has 0 atom stereocenters. The molecule has 158 valence electrons. The van der Waals surface area contributed by atoms with E-state index in [1.54, 1.807) is 12.1 Å². The Labute approximate surface area is 185 Å². The number of aryl methyl sites for hydroxylation is 1. The van der Waals surface area contributed by atoms with Gasteiger partial charge in [0.25, 0.3) is 0 Å². The Morgan fingerprint density at radius 3 is 2.48 bits per heavy atom. The fourth-order valence-electron chi connectivity index (χ4n) is 3.98. The lowest BCUT2D eigenvalue weighted by atomic mass is 10.1. The molecule has 0 spiro atoms. The van der Waals surface area contributed by atoms with Gasteiger partial charge in [-0.1, -0.05) is 23.7 Å². The molecule has 7 heteroatoms. The number of anilines is 3. The molecule has 0 amide bonds. The number of hydrogen-bond acceptors (Lipinski definition) is 4. The molecule has 0 bridgehead atoms. The van der Waals surface area contributed by atoms with Crippen LogP contribution in [0.15, 0.2) is 60.7 Å². The average molecular weight is 437 g/mol. The number of ether oxygens (including phenoxy) is 1. The second-order valence-electron chi connectivity index (χ2n) is 7.54. The molecule has 2 aromatic heterocycles. The maximum Gasteiger partial charge on any atom is 0.143 e. The number of rotatable bonds is 4. The van der Waals surface area contributed by atoms with Gasteiger partial charge in [-0.25, -0.2) is 9.37 Å². The van der Waals surface area contributed by atoms with Crippen LogP contribution in [0, 0.1) is 12.7 Å². The third-order valence-electron chi connectivity index (χ3n) is 5.54. The van der Waals surface area contributed by atoms with Crippen molar-refractivity contribution in [1.29, 1.82) is 0 Å². The summed E-state index contributed by atoms with van der Waals surface area (Å²) in [5.41, 5.74) is 4.52. The van der Waals surface area contributed by atoms with Gasteiger partial charge in [-0.15, -0.1) is 0 Å². The summed E-state index contributed by atoms with van der Waals surface area (Å²) >= 11 is 6.38. The molecule has 4 aromatic rings. The molecule has 1 aliphatic rings. The molecule has 2 aromatic carbocycles. The fraction of sp³-hybridized carbons (Fsp3) is 0.208. The number of nitrogens with zero attached hydrogens (tertiary/aromatic N) is 3. The largest absolute Gasteiger partial charge is 0.378 e. The Morgan fingerprint density at radius 1 is 1.00 bits per heavy atom. The number of nitrogens with one attached hydrogen (secondary N) is 1. The first-order valence-electron chi connectivity index (χ1n) is 10.2. The normalized spacial score (nSPS) is 14.2. The molecular weight excluding hydrogens is 415 g/mol. The molecule has 0 radical (unpaired) electrons. The number of aromatic nitrogens is 2. The molecule has 1 aliphatic heterocycles. The summed E-state index contributed by atoms with van der Waals surface area (Å²) in [6, 6.07) is 18.7.